The number of nitrogens with two attached hydrogens (primary N) is 1. The minimum absolute atomic E-state index is 0.330. The first-order valence-electron chi connectivity index (χ1n) is 5.38. The van der Waals surface area contributed by atoms with E-state index >= 15 is 0 Å². The summed E-state index contributed by atoms with van der Waals surface area (Å²) in [5.74, 6) is 0. The molecule has 76 valence electrons. The minimum atomic E-state index is -0.420. The monoisotopic (exact) mass is 184 g/mol. The van der Waals surface area contributed by atoms with Gasteiger partial charge in [-0.05, 0) is 45.2 Å². The van der Waals surface area contributed by atoms with Crippen LogP contribution in [0.3, 0.4) is 0 Å². The zero-order valence-electron chi connectivity index (χ0n) is 8.21. The first kappa shape index (κ1) is 9.44. The highest BCUT2D eigenvalue weighted by Gasteiger charge is 2.34. The van der Waals surface area contributed by atoms with Gasteiger partial charge in [-0.25, -0.2) is 0 Å². The van der Waals surface area contributed by atoms with E-state index in [1.165, 1.54) is 19.5 Å². The largest absolute Gasteiger partial charge is 0.389 e. The lowest BCUT2D eigenvalue weighted by Crippen LogP contribution is -2.51. The van der Waals surface area contributed by atoms with E-state index in [4.69, 9.17) is 5.73 Å². The molecule has 1 aliphatic carbocycles. The fraction of sp³-hybridized carbons (Fsp3) is 1.00. The predicted molar refractivity (Wildman–Crippen MR) is 52.5 cm³/mol. The lowest BCUT2D eigenvalue weighted by Gasteiger charge is -2.41. The van der Waals surface area contributed by atoms with Crippen LogP contribution < -0.4 is 5.73 Å². The quantitative estimate of drug-likeness (QED) is 0.650. The van der Waals surface area contributed by atoms with E-state index in [1.54, 1.807) is 0 Å². The Morgan fingerprint density at radius 3 is 2.38 bits per heavy atom. The van der Waals surface area contributed by atoms with Crippen LogP contribution in [0.15, 0.2) is 0 Å². The third kappa shape index (κ3) is 2.22. The smallest absolute Gasteiger partial charge is 0.0775 e. The molecule has 1 saturated heterocycles. The lowest BCUT2D eigenvalue weighted by molar-refractivity contribution is -0.0422. The molecule has 2 fully saturated rings. The summed E-state index contributed by atoms with van der Waals surface area (Å²) in [6, 6.07) is 0.330. The Morgan fingerprint density at radius 2 is 1.92 bits per heavy atom. The zero-order chi connectivity index (χ0) is 9.31. The van der Waals surface area contributed by atoms with Crippen LogP contribution in [0.5, 0.6) is 0 Å². The standard InChI is InChI=1S/C10H20N2O/c11-9-2-4-10(13,5-3-9)8-12-6-1-7-12/h9,13H,1-8,11H2. The number of aliphatic hydroxyl groups is 1. The van der Waals surface area contributed by atoms with Gasteiger partial charge in [0, 0.05) is 12.6 Å². The Hall–Kier alpha value is -0.120. The summed E-state index contributed by atoms with van der Waals surface area (Å²) in [5.41, 5.74) is 5.39. The molecule has 13 heavy (non-hydrogen) atoms. The van der Waals surface area contributed by atoms with Gasteiger partial charge in [0.25, 0.3) is 0 Å². The van der Waals surface area contributed by atoms with E-state index in [9.17, 15) is 5.11 Å². The van der Waals surface area contributed by atoms with E-state index in [1.807, 2.05) is 0 Å². The number of hydrogen-bond donors (Lipinski definition) is 2. The third-order valence-corrected chi connectivity index (χ3v) is 3.43. The third-order valence-electron chi connectivity index (χ3n) is 3.43. The minimum Gasteiger partial charge on any atom is -0.389 e. The van der Waals surface area contributed by atoms with Gasteiger partial charge >= 0.3 is 0 Å². The van der Waals surface area contributed by atoms with Gasteiger partial charge in [0.05, 0.1) is 5.60 Å². The number of hydrogen-bond acceptors (Lipinski definition) is 3. The number of β-amino-alcohol motifs (C(OH)–C–C–N with tert-alkyl or cyclic N) is 1. The van der Waals surface area contributed by atoms with Crippen molar-refractivity contribution in [1.82, 2.24) is 4.90 Å². The molecular formula is C10H20N2O. The number of rotatable bonds is 2. The molecular weight excluding hydrogens is 164 g/mol. The number of likely N-dealkylation sites (tertiary alicyclic amines) is 1. The highest BCUT2D eigenvalue weighted by atomic mass is 16.3. The maximum Gasteiger partial charge on any atom is 0.0775 e. The molecule has 0 aromatic carbocycles. The molecule has 0 bridgehead atoms. The predicted octanol–water partition coefficient (Wildman–Crippen LogP) is 0.324. The first-order chi connectivity index (χ1) is 6.18. The second-order valence-corrected chi connectivity index (χ2v) is 4.69. The Balaban J connectivity index is 1.81. The lowest BCUT2D eigenvalue weighted by atomic mass is 9.82. The molecule has 0 aromatic rings. The molecule has 3 N–H and O–H groups in total. The Bertz CT molecular complexity index is 172. The molecule has 0 spiro atoms. The van der Waals surface area contributed by atoms with Crippen molar-refractivity contribution < 1.29 is 5.11 Å². The van der Waals surface area contributed by atoms with Crippen LogP contribution in [0.4, 0.5) is 0 Å². The Labute approximate surface area is 79.9 Å². The summed E-state index contributed by atoms with van der Waals surface area (Å²) in [6.45, 7) is 3.22. The molecule has 0 unspecified atom stereocenters. The highest BCUT2D eigenvalue weighted by Crippen LogP contribution is 2.29. The van der Waals surface area contributed by atoms with Gasteiger partial charge in [-0.1, -0.05) is 0 Å². The second-order valence-electron chi connectivity index (χ2n) is 4.69. The second kappa shape index (κ2) is 3.56. The summed E-state index contributed by atoms with van der Waals surface area (Å²) < 4.78 is 0. The van der Waals surface area contributed by atoms with Gasteiger partial charge in [-0.3, -0.25) is 0 Å². The van der Waals surface area contributed by atoms with Crippen LogP contribution in [0.2, 0.25) is 0 Å². The van der Waals surface area contributed by atoms with Crippen LogP contribution in [-0.2, 0) is 0 Å². The first-order valence-corrected chi connectivity index (χ1v) is 5.38. The van der Waals surface area contributed by atoms with Gasteiger partial charge in [0.1, 0.15) is 0 Å². The maximum absolute atomic E-state index is 10.2. The van der Waals surface area contributed by atoms with Crippen LogP contribution in [-0.4, -0.2) is 41.3 Å². The van der Waals surface area contributed by atoms with E-state index < -0.39 is 5.60 Å². The molecule has 0 aromatic heterocycles. The summed E-state index contributed by atoms with van der Waals surface area (Å²) >= 11 is 0. The van der Waals surface area contributed by atoms with E-state index in [0.29, 0.717) is 6.04 Å². The topological polar surface area (TPSA) is 49.5 Å². The average molecular weight is 184 g/mol. The maximum atomic E-state index is 10.2. The molecule has 1 heterocycles. The van der Waals surface area contributed by atoms with Gasteiger partial charge in [-0.2, -0.15) is 0 Å². The molecule has 3 nitrogen and oxygen atoms in total. The summed E-state index contributed by atoms with van der Waals surface area (Å²) in [6.07, 6.45) is 5.07. The summed E-state index contributed by atoms with van der Waals surface area (Å²) in [7, 11) is 0. The van der Waals surface area contributed by atoms with Gasteiger partial charge < -0.3 is 15.7 Å². The molecule has 2 aliphatic rings. The highest BCUT2D eigenvalue weighted by molar-refractivity contribution is 4.90. The van der Waals surface area contributed by atoms with Crippen molar-refractivity contribution >= 4 is 0 Å². The van der Waals surface area contributed by atoms with Gasteiger partial charge in [0.15, 0.2) is 0 Å². The van der Waals surface area contributed by atoms with Crippen molar-refractivity contribution in [1.29, 1.82) is 0 Å². The number of nitrogens with zero attached hydrogens (tertiary/aromatic N) is 1. The van der Waals surface area contributed by atoms with Crippen molar-refractivity contribution in [3.05, 3.63) is 0 Å². The summed E-state index contributed by atoms with van der Waals surface area (Å²) in [4.78, 5) is 2.34. The van der Waals surface area contributed by atoms with Crippen molar-refractivity contribution in [3.63, 3.8) is 0 Å². The van der Waals surface area contributed by atoms with Crippen LogP contribution in [0.25, 0.3) is 0 Å². The molecule has 1 aliphatic heterocycles. The zero-order valence-corrected chi connectivity index (χ0v) is 8.21. The van der Waals surface area contributed by atoms with E-state index in [-0.39, 0.29) is 0 Å². The normalized spacial score (nSPS) is 41.5. The van der Waals surface area contributed by atoms with Gasteiger partial charge in [-0.15, -0.1) is 0 Å². The van der Waals surface area contributed by atoms with Crippen LogP contribution in [0.1, 0.15) is 32.1 Å². The average Bonchev–Trinajstić information content (AvgIpc) is 2.05. The van der Waals surface area contributed by atoms with E-state index in [2.05, 4.69) is 4.90 Å². The summed E-state index contributed by atoms with van der Waals surface area (Å²) in [5, 5.41) is 10.2. The van der Waals surface area contributed by atoms with Crippen molar-refractivity contribution in [2.45, 2.75) is 43.7 Å². The fourth-order valence-electron chi connectivity index (χ4n) is 2.29. The SMILES string of the molecule is NC1CCC(O)(CN2CCC2)CC1. The molecule has 3 heteroatoms. The Kier molecular flexibility index (Phi) is 2.58. The van der Waals surface area contributed by atoms with Crippen LogP contribution in [0, 0.1) is 0 Å². The molecule has 0 radical (unpaired) electrons. The van der Waals surface area contributed by atoms with Crippen molar-refractivity contribution in [2.75, 3.05) is 19.6 Å². The van der Waals surface area contributed by atoms with Crippen molar-refractivity contribution in [2.24, 2.45) is 5.73 Å². The molecule has 0 atom stereocenters. The van der Waals surface area contributed by atoms with E-state index in [0.717, 1.165) is 32.2 Å². The van der Waals surface area contributed by atoms with Crippen molar-refractivity contribution in [3.8, 4) is 0 Å². The van der Waals surface area contributed by atoms with Gasteiger partial charge in [0.2, 0.25) is 0 Å². The molecule has 2 rings (SSSR count). The Morgan fingerprint density at radius 1 is 1.31 bits per heavy atom. The molecule has 1 saturated carbocycles. The molecule has 0 amide bonds. The fourth-order valence-corrected chi connectivity index (χ4v) is 2.29. The van der Waals surface area contributed by atoms with Crippen LogP contribution >= 0.6 is 0 Å².